The summed E-state index contributed by atoms with van der Waals surface area (Å²) in [5, 5.41) is 0. The first kappa shape index (κ1) is 19.6. The molecular weight excluding hydrogens is 410 g/mol. The van der Waals surface area contributed by atoms with Crippen LogP contribution in [0.5, 0.6) is 0 Å². The number of carbonyl (C=O) groups is 1. The summed E-state index contributed by atoms with van der Waals surface area (Å²) in [5.41, 5.74) is 4.91. The van der Waals surface area contributed by atoms with Gasteiger partial charge in [0.1, 0.15) is 0 Å². The molecule has 3 aromatic heterocycles. The third-order valence-electron chi connectivity index (χ3n) is 5.79. The molecule has 0 bridgehead atoms. The molecule has 1 aromatic carbocycles. The van der Waals surface area contributed by atoms with Gasteiger partial charge in [-0.25, -0.2) is 9.97 Å². The predicted molar refractivity (Wildman–Crippen MR) is 120 cm³/mol. The normalized spacial score (nSPS) is 14.8. The maximum Gasteiger partial charge on any atom is 0.253 e. The number of benzene rings is 1. The van der Waals surface area contributed by atoms with Gasteiger partial charge in [-0.2, -0.15) is 0 Å². The number of hydrogen-bond acceptors (Lipinski definition) is 6. The number of hydrogen-bond donors (Lipinski definition) is 0. The molecular formula is C23H21N5O2S. The van der Waals surface area contributed by atoms with Crippen LogP contribution in [0.4, 0.5) is 0 Å². The molecule has 0 atom stereocenters. The lowest BCUT2D eigenvalue weighted by Crippen LogP contribution is -2.40. The van der Waals surface area contributed by atoms with Gasteiger partial charge in [-0.05, 0) is 49.1 Å². The maximum absolute atomic E-state index is 12.9. The lowest BCUT2D eigenvalue weighted by molar-refractivity contribution is 0.0682. The summed E-state index contributed by atoms with van der Waals surface area (Å²) in [6.45, 7) is 2.01. The molecule has 1 fully saturated rings. The van der Waals surface area contributed by atoms with Crippen molar-refractivity contribution in [2.24, 2.45) is 5.92 Å². The Morgan fingerprint density at radius 1 is 1.06 bits per heavy atom. The van der Waals surface area contributed by atoms with Crippen LogP contribution >= 0.6 is 11.3 Å². The summed E-state index contributed by atoms with van der Waals surface area (Å²) in [6, 6.07) is 10.9. The van der Waals surface area contributed by atoms with E-state index in [-0.39, 0.29) is 11.5 Å². The molecule has 0 radical (unpaired) electrons. The molecule has 31 heavy (non-hydrogen) atoms. The highest BCUT2D eigenvalue weighted by atomic mass is 32.1. The van der Waals surface area contributed by atoms with Gasteiger partial charge in [0.25, 0.3) is 11.5 Å². The van der Waals surface area contributed by atoms with Crippen LogP contribution < -0.4 is 5.56 Å². The van der Waals surface area contributed by atoms with Crippen molar-refractivity contribution >= 4 is 27.5 Å². The zero-order chi connectivity index (χ0) is 21.2. The Labute approximate surface area is 183 Å². The number of fused-ring (bicyclic) bond motifs is 1. The molecule has 156 valence electrons. The molecule has 4 aromatic rings. The minimum absolute atomic E-state index is 0.0572. The number of carbonyl (C=O) groups excluding carboxylic acids is 1. The van der Waals surface area contributed by atoms with E-state index in [9.17, 15) is 9.59 Å². The minimum Gasteiger partial charge on any atom is -0.339 e. The fourth-order valence-corrected chi connectivity index (χ4v) is 4.73. The zero-order valence-electron chi connectivity index (χ0n) is 16.8. The van der Waals surface area contributed by atoms with Crippen LogP contribution in [0.1, 0.15) is 23.2 Å². The largest absolute Gasteiger partial charge is 0.339 e. The second-order valence-corrected chi connectivity index (χ2v) is 8.66. The Hall–Kier alpha value is -3.39. The van der Waals surface area contributed by atoms with E-state index < -0.39 is 0 Å². The monoisotopic (exact) mass is 431 g/mol. The molecule has 7 nitrogen and oxygen atoms in total. The Morgan fingerprint density at radius 3 is 2.65 bits per heavy atom. The molecule has 4 heterocycles. The molecule has 0 unspecified atom stereocenters. The second kappa shape index (κ2) is 8.39. The molecule has 0 aliphatic carbocycles. The predicted octanol–water partition coefficient (Wildman–Crippen LogP) is 3.47. The van der Waals surface area contributed by atoms with Crippen LogP contribution in [0.25, 0.3) is 21.5 Å². The van der Waals surface area contributed by atoms with Crippen molar-refractivity contribution in [3.05, 3.63) is 76.5 Å². The SMILES string of the molecule is O=C(c1ccc2ncsc2c1)N1CCC(Cn2cnc(-c3ccncc3)cc2=O)CC1. The number of amides is 1. The molecule has 0 spiro atoms. The van der Waals surface area contributed by atoms with Crippen LogP contribution in [-0.2, 0) is 6.54 Å². The fraction of sp³-hybridized carbons (Fsp3) is 0.261. The highest BCUT2D eigenvalue weighted by Crippen LogP contribution is 2.23. The first-order chi connectivity index (χ1) is 15.2. The maximum atomic E-state index is 12.9. The quantitative estimate of drug-likeness (QED) is 0.494. The van der Waals surface area contributed by atoms with Crippen LogP contribution in [0.15, 0.2) is 65.4 Å². The Balaban J connectivity index is 1.22. The Bertz CT molecular complexity index is 1280. The van der Waals surface area contributed by atoms with E-state index in [1.54, 1.807) is 46.2 Å². The minimum atomic E-state index is -0.0572. The molecule has 1 aliphatic heterocycles. The van der Waals surface area contributed by atoms with Crippen LogP contribution in [0.2, 0.25) is 0 Å². The van der Waals surface area contributed by atoms with E-state index >= 15 is 0 Å². The van der Waals surface area contributed by atoms with E-state index in [1.807, 2.05) is 35.2 Å². The number of thiazole rings is 1. The topological polar surface area (TPSA) is 81.0 Å². The van der Waals surface area contributed by atoms with Crippen molar-refractivity contribution in [2.75, 3.05) is 13.1 Å². The number of pyridine rings is 1. The highest BCUT2D eigenvalue weighted by molar-refractivity contribution is 7.16. The molecule has 1 aliphatic rings. The van der Waals surface area contributed by atoms with Gasteiger partial charge < -0.3 is 4.90 Å². The molecule has 1 amide bonds. The van der Waals surface area contributed by atoms with Crippen molar-refractivity contribution in [1.82, 2.24) is 24.4 Å². The number of rotatable bonds is 4. The van der Waals surface area contributed by atoms with Crippen molar-refractivity contribution in [3.8, 4) is 11.3 Å². The van der Waals surface area contributed by atoms with Gasteiger partial charge in [0, 0.05) is 49.2 Å². The Kier molecular flexibility index (Phi) is 5.30. The van der Waals surface area contributed by atoms with Gasteiger partial charge in [-0.15, -0.1) is 11.3 Å². The summed E-state index contributed by atoms with van der Waals surface area (Å²) in [7, 11) is 0. The number of likely N-dealkylation sites (tertiary alicyclic amines) is 1. The van der Waals surface area contributed by atoms with Crippen LogP contribution in [-0.4, -0.2) is 43.4 Å². The van der Waals surface area contributed by atoms with Gasteiger partial charge in [0.2, 0.25) is 0 Å². The molecule has 8 heteroatoms. The van der Waals surface area contributed by atoms with E-state index in [4.69, 9.17) is 0 Å². The summed E-state index contributed by atoms with van der Waals surface area (Å²) in [6.07, 6.45) is 6.74. The smallest absolute Gasteiger partial charge is 0.253 e. The number of aromatic nitrogens is 4. The van der Waals surface area contributed by atoms with Crippen molar-refractivity contribution < 1.29 is 4.79 Å². The third-order valence-corrected chi connectivity index (χ3v) is 6.58. The molecule has 0 saturated carbocycles. The van der Waals surface area contributed by atoms with Crippen molar-refractivity contribution in [2.45, 2.75) is 19.4 Å². The lowest BCUT2D eigenvalue weighted by atomic mass is 9.96. The van der Waals surface area contributed by atoms with Crippen LogP contribution in [0, 0.1) is 5.92 Å². The number of nitrogens with zero attached hydrogens (tertiary/aromatic N) is 5. The molecule has 0 N–H and O–H groups in total. The first-order valence-corrected chi connectivity index (χ1v) is 11.1. The average molecular weight is 432 g/mol. The number of piperidine rings is 1. The summed E-state index contributed by atoms with van der Waals surface area (Å²) in [5.74, 6) is 0.411. The van der Waals surface area contributed by atoms with E-state index in [0.29, 0.717) is 36.8 Å². The molecule has 5 rings (SSSR count). The van der Waals surface area contributed by atoms with Gasteiger partial charge in [-0.1, -0.05) is 0 Å². The Morgan fingerprint density at radius 2 is 1.87 bits per heavy atom. The van der Waals surface area contributed by atoms with Crippen molar-refractivity contribution in [3.63, 3.8) is 0 Å². The van der Waals surface area contributed by atoms with Gasteiger partial charge >= 0.3 is 0 Å². The first-order valence-electron chi connectivity index (χ1n) is 10.3. The van der Waals surface area contributed by atoms with Gasteiger partial charge in [0.15, 0.2) is 0 Å². The average Bonchev–Trinajstić information content (AvgIpc) is 3.29. The van der Waals surface area contributed by atoms with Gasteiger partial charge in [0.05, 0.1) is 27.7 Å². The summed E-state index contributed by atoms with van der Waals surface area (Å²) >= 11 is 1.54. The lowest BCUT2D eigenvalue weighted by Gasteiger charge is -2.32. The van der Waals surface area contributed by atoms with E-state index in [0.717, 1.165) is 28.6 Å². The fourth-order valence-electron chi connectivity index (χ4n) is 4.01. The standard InChI is InChI=1S/C23H21N5O2S/c29-22-12-20(17-3-7-24-8-4-17)25-14-28(22)13-16-5-9-27(10-6-16)23(30)18-1-2-19-21(11-18)31-15-26-19/h1-4,7-8,11-12,14-16H,5-6,9-10,13H2. The van der Waals surface area contributed by atoms with E-state index in [2.05, 4.69) is 15.0 Å². The second-order valence-electron chi connectivity index (χ2n) is 7.77. The van der Waals surface area contributed by atoms with Crippen LogP contribution in [0.3, 0.4) is 0 Å². The summed E-state index contributed by atoms with van der Waals surface area (Å²) in [4.78, 5) is 40.1. The van der Waals surface area contributed by atoms with Crippen molar-refractivity contribution in [1.29, 1.82) is 0 Å². The molecule has 1 saturated heterocycles. The van der Waals surface area contributed by atoms with Gasteiger partial charge in [-0.3, -0.25) is 19.1 Å². The van der Waals surface area contributed by atoms with E-state index in [1.165, 1.54) is 0 Å². The third kappa shape index (κ3) is 4.11. The zero-order valence-corrected chi connectivity index (χ0v) is 17.7. The highest BCUT2D eigenvalue weighted by Gasteiger charge is 2.24. The summed E-state index contributed by atoms with van der Waals surface area (Å²) < 4.78 is 2.70.